The van der Waals surface area contributed by atoms with Crippen molar-refractivity contribution in [1.82, 2.24) is 9.97 Å². The minimum absolute atomic E-state index is 0.533. The average Bonchev–Trinajstić information content (AvgIpc) is 2.71. The molecule has 2 aromatic rings. The molecule has 68 valence electrons. The topological polar surface area (TPSA) is 37.8 Å². The second kappa shape index (κ2) is 4.04. The van der Waals surface area contributed by atoms with Crippen LogP contribution in [0.3, 0.4) is 0 Å². The summed E-state index contributed by atoms with van der Waals surface area (Å²) in [7, 11) is 0. The number of aromatic nitrogens is 2. The number of thiazole rings is 2. The molecule has 3 nitrogen and oxygen atoms in total. The minimum Gasteiger partial charge on any atom is -0.356 e. The van der Waals surface area contributed by atoms with E-state index in [0.717, 1.165) is 10.8 Å². The van der Waals surface area contributed by atoms with Crippen molar-refractivity contribution < 1.29 is 0 Å². The predicted octanol–water partition coefficient (Wildman–Crippen LogP) is 2.87. The van der Waals surface area contributed by atoms with E-state index in [1.807, 2.05) is 10.9 Å². The van der Waals surface area contributed by atoms with Crippen LogP contribution in [-0.2, 0) is 6.54 Å². The fourth-order valence-corrected chi connectivity index (χ4v) is 2.22. The van der Waals surface area contributed by atoms with Crippen LogP contribution in [0.4, 0.5) is 5.13 Å². The summed E-state index contributed by atoms with van der Waals surface area (Å²) in [4.78, 5) is 8.20. The smallest absolute Gasteiger partial charge is 0.184 e. The molecule has 0 saturated heterocycles. The van der Waals surface area contributed by atoms with Gasteiger partial charge in [0.1, 0.15) is 5.15 Å². The predicted molar refractivity (Wildman–Crippen MR) is 56.6 cm³/mol. The standard InChI is InChI=1S/C7H6ClN3S2/c8-6-3-13-7(11-6)9-1-5-2-12-4-10-5/h2-4H,1H2,(H,9,11). The third kappa shape index (κ3) is 2.40. The summed E-state index contributed by atoms with van der Waals surface area (Å²) in [5, 5.41) is 8.30. The normalized spacial score (nSPS) is 10.2. The van der Waals surface area contributed by atoms with E-state index < -0.39 is 0 Å². The molecule has 0 fully saturated rings. The van der Waals surface area contributed by atoms with Crippen LogP contribution in [0.2, 0.25) is 5.15 Å². The first-order valence-electron chi connectivity index (χ1n) is 3.56. The fraction of sp³-hybridized carbons (Fsp3) is 0.143. The minimum atomic E-state index is 0.533. The van der Waals surface area contributed by atoms with E-state index >= 15 is 0 Å². The Morgan fingerprint density at radius 1 is 1.46 bits per heavy atom. The molecule has 0 unspecified atom stereocenters. The maximum atomic E-state index is 5.67. The third-order valence-electron chi connectivity index (χ3n) is 1.38. The van der Waals surface area contributed by atoms with E-state index in [1.165, 1.54) is 11.3 Å². The zero-order chi connectivity index (χ0) is 9.10. The van der Waals surface area contributed by atoms with Crippen LogP contribution in [0.25, 0.3) is 0 Å². The number of anilines is 1. The number of halogens is 1. The van der Waals surface area contributed by atoms with Gasteiger partial charge in [-0.1, -0.05) is 11.6 Å². The molecule has 6 heteroatoms. The first kappa shape index (κ1) is 8.93. The van der Waals surface area contributed by atoms with Gasteiger partial charge in [-0.25, -0.2) is 9.97 Å². The highest BCUT2D eigenvalue weighted by atomic mass is 35.5. The fourth-order valence-electron chi connectivity index (χ4n) is 0.826. The molecule has 0 aromatic carbocycles. The van der Waals surface area contributed by atoms with Crippen LogP contribution in [0.1, 0.15) is 5.69 Å². The van der Waals surface area contributed by atoms with E-state index in [9.17, 15) is 0 Å². The van der Waals surface area contributed by atoms with E-state index in [0.29, 0.717) is 11.7 Å². The number of hydrogen-bond donors (Lipinski definition) is 1. The van der Waals surface area contributed by atoms with Crippen molar-refractivity contribution in [2.24, 2.45) is 0 Å². The van der Waals surface area contributed by atoms with Gasteiger partial charge in [0, 0.05) is 10.8 Å². The van der Waals surface area contributed by atoms with E-state index in [1.54, 1.807) is 16.7 Å². The number of nitrogens with zero attached hydrogens (tertiary/aromatic N) is 2. The van der Waals surface area contributed by atoms with Crippen LogP contribution in [-0.4, -0.2) is 9.97 Å². The van der Waals surface area contributed by atoms with Gasteiger partial charge < -0.3 is 5.32 Å². The van der Waals surface area contributed by atoms with Crippen molar-refractivity contribution in [3.63, 3.8) is 0 Å². The Balaban J connectivity index is 1.93. The summed E-state index contributed by atoms with van der Waals surface area (Å²) in [6, 6.07) is 0. The van der Waals surface area contributed by atoms with Crippen molar-refractivity contribution in [2.75, 3.05) is 5.32 Å². The number of rotatable bonds is 3. The first-order valence-corrected chi connectivity index (χ1v) is 5.76. The molecule has 0 radical (unpaired) electrons. The van der Waals surface area contributed by atoms with Gasteiger partial charge in [-0.2, -0.15) is 0 Å². The Hall–Kier alpha value is -0.650. The molecule has 1 N–H and O–H groups in total. The van der Waals surface area contributed by atoms with Gasteiger partial charge in [0.2, 0.25) is 0 Å². The Morgan fingerprint density at radius 2 is 2.38 bits per heavy atom. The molecule has 2 rings (SSSR count). The Morgan fingerprint density at radius 3 is 3.00 bits per heavy atom. The number of nitrogens with one attached hydrogen (secondary N) is 1. The zero-order valence-corrected chi connectivity index (χ0v) is 8.92. The Kier molecular flexibility index (Phi) is 2.77. The molecule has 0 spiro atoms. The molecular formula is C7H6ClN3S2. The van der Waals surface area contributed by atoms with Gasteiger partial charge in [-0.3, -0.25) is 0 Å². The Bertz CT molecular complexity index is 371. The highest BCUT2D eigenvalue weighted by Crippen LogP contribution is 2.19. The van der Waals surface area contributed by atoms with Crippen LogP contribution < -0.4 is 5.32 Å². The molecule has 0 aliphatic carbocycles. The highest BCUT2D eigenvalue weighted by molar-refractivity contribution is 7.14. The molecule has 0 aliphatic heterocycles. The van der Waals surface area contributed by atoms with Crippen molar-refractivity contribution in [3.05, 3.63) is 27.1 Å². The van der Waals surface area contributed by atoms with Crippen LogP contribution >= 0.6 is 34.3 Å². The summed E-state index contributed by atoms with van der Waals surface area (Å²) < 4.78 is 0. The van der Waals surface area contributed by atoms with Crippen molar-refractivity contribution in [2.45, 2.75) is 6.54 Å². The van der Waals surface area contributed by atoms with Crippen LogP contribution in [0.15, 0.2) is 16.3 Å². The summed E-state index contributed by atoms with van der Waals surface area (Å²) >= 11 is 8.75. The number of hydrogen-bond acceptors (Lipinski definition) is 5. The Labute approximate surface area is 88.4 Å². The quantitative estimate of drug-likeness (QED) is 0.883. The van der Waals surface area contributed by atoms with Gasteiger partial charge in [-0.15, -0.1) is 22.7 Å². The van der Waals surface area contributed by atoms with Gasteiger partial charge in [0.05, 0.1) is 17.7 Å². The van der Waals surface area contributed by atoms with E-state index in [2.05, 4.69) is 15.3 Å². The van der Waals surface area contributed by atoms with Crippen molar-refractivity contribution >= 4 is 39.4 Å². The molecule has 2 aromatic heterocycles. The van der Waals surface area contributed by atoms with Gasteiger partial charge >= 0.3 is 0 Å². The van der Waals surface area contributed by atoms with Crippen molar-refractivity contribution in [1.29, 1.82) is 0 Å². The lowest BCUT2D eigenvalue weighted by Gasteiger charge is -1.97. The van der Waals surface area contributed by atoms with E-state index in [-0.39, 0.29) is 0 Å². The molecule has 13 heavy (non-hydrogen) atoms. The van der Waals surface area contributed by atoms with Crippen molar-refractivity contribution in [3.8, 4) is 0 Å². The lowest BCUT2D eigenvalue weighted by atomic mass is 10.5. The first-order chi connectivity index (χ1) is 6.34. The molecular weight excluding hydrogens is 226 g/mol. The van der Waals surface area contributed by atoms with Crippen LogP contribution in [0.5, 0.6) is 0 Å². The SMILES string of the molecule is Clc1csc(NCc2cscn2)n1. The second-order valence-electron chi connectivity index (χ2n) is 2.31. The summed E-state index contributed by atoms with van der Waals surface area (Å²) in [6.45, 7) is 0.702. The largest absolute Gasteiger partial charge is 0.356 e. The third-order valence-corrected chi connectivity index (χ3v) is 3.14. The van der Waals surface area contributed by atoms with Crippen LogP contribution in [0, 0.1) is 0 Å². The van der Waals surface area contributed by atoms with Gasteiger partial charge in [-0.05, 0) is 0 Å². The maximum absolute atomic E-state index is 5.67. The van der Waals surface area contributed by atoms with Gasteiger partial charge in [0.15, 0.2) is 5.13 Å². The zero-order valence-electron chi connectivity index (χ0n) is 6.53. The maximum Gasteiger partial charge on any atom is 0.184 e. The lowest BCUT2D eigenvalue weighted by molar-refractivity contribution is 1.07. The summed E-state index contributed by atoms with van der Waals surface area (Å²) in [6.07, 6.45) is 0. The summed E-state index contributed by atoms with van der Waals surface area (Å²) in [5.41, 5.74) is 2.84. The molecule has 0 amide bonds. The highest BCUT2D eigenvalue weighted by Gasteiger charge is 1.99. The molecule has 2 heterocycles. The molecule has 0 atom stereocenters. The van der Waals surface area contributed by atoms with E-state index in [4.69, 9.17) is 11.6 Å². The average molecular weight is 232 g/mol. The monoisotopic (exact) mass is 231 g/mol. The molecule has 0 saturated carbocycles. The van der Waals surface area contributed by atoms with Gasteiger partial charge in [0.25, 0.3) is 0 Å². The molecule has 0 bridgehead atoms. The second-order valence-corrected chi connectivity index (χ2v) is 4.27. The molecule has 0 aliphatic rings. The lowest BCUT2D eigenvalue weighted by Crippen LogP contribution is -1.98. The summed E-state index contributed by atoms with van der Waals surface area (Å²) in [5.74, 6) is 0.